The molecule has 16 heavy (non-hydrogen) atoms. The predicted molar refractivity (Wildman–Crippen MR) is 71.6 cm³/mol. The quantitative estimate of drug-likeness (QED) is 0.775. The van der Waals surface area contributed by atoms with E-state index in [0.29, 0.717) is 12.2 Å². The zero-order valence-corrected chi connectivity index (χ0v) is 11.9. The smallest absolute Gasteiger partial charge is 0.0687 e. The molecule has 1 fully saturated rings. The van der Waals surface area contributed by atoms with Crippen molar-refractivity contribution >= 4 is 27.9 Å². The predicted octanol–water partition coefficient (Wildman–Crippen LogP) is 3.57. The Hall–Kier alpha value is -0.0300. The number of ether oxygens (including phenoxy) is 1. The first-order valence-electron chi connectivity index (χ1n) is 5.47. The minimum Gasteiger partial charge on any atom is -0.373 e. The second-order valence-electron chi connectivity index (χ2n) is 4.15. The number of morpholine rings is 1. The Bertz CT molecular complexity index is 333. The summed E-state index contributed by atoms with van der Waals surface area (Å²) < 4.78 is 9.21. The van der Waals surface area contributed by atoms with Gasteiger partial charge in [-0.05, 0) is 50.1 Å². The van der Waals surface area contributed by atoms with Crippen molar-refractivity contribution in [2.75, 3.05) is 13.1 Å². The van der Waals surface area contributed by atoms with Crippen molar-refractivity contribution in [2.24, 2.45) is 0 Å². The minimum atomic E-state index is 0.326. The van der Waals surface area contributed by atoms with Crippen LogP contribution in [0.3, 0.4) is 0 Å². The van der Waals surface area contributed by atoms with Crippen LogP contribution >= 0.6 is 27.9 Å². The van der Waals surface area contributed by atoms with Gasteiger partial charge in [0, 0.05) is 22.5 Å². The largest absolute Gasteiger partial charge is 0.373 e. The van der Waals surface area contributed by atoms with Crippen molar-refractivity contribution < 1.29 is 4.74 Å². The van der Waals surface area contributed by atoms with E-state index in [4.69, 9.17) is 4.74 Å². The standard InChI is InChI=1S/C12H16BrNOS/c1-9-7-14(8-10(2)15-9)16-12-5-3-11(13)4-6-12/h3-6,9-10H,7-8H2,1-2H3/t9-,10-/m0/s1. The molecule has 2 nitrogen and oxygen atoms in total. The monoisotopic (exact) mass is 301 g/mol. The highest BCUT2D eigenvalue weighted by Crippen LogP contribution is 2.27. The second-order valence-corrected chi connectivity index (χ2v) is 6.24. The number of halogens is 1. The van der Waals surface area contributed by atoms with Crippen molar-refractivity contribution in [1.29, 1.82) is 0 Å². The number of hydrogen-bond donors (Lipinski definition) is 0. The molecule has 0 amide bonds. The Morgan fingerprint density at radius 2 is 1.75 bits per heavy atom. The molecule has 2 atom stereocenters. The Morgan fingerprint density at radius 3 is 2.31 bits per heavy atom. The van der Waals surface area contributed by atoms with Crippen molar-refractivity contribution in [3.8, 4) is 0 Å². The van der Waals surface area contributed by atoms with E-state index in [1.807, 2.05) is 11.9 Å². The average molecular weight is 302 g/mol. The third-order valence-electron chi connectivity index (χ3n) is 2.43. The fraction of sp³-hybridized carbons (Fsp3) is 0.500. The third kappa shape index (κ3) is 3.48. The van der Waals surface area contributed by atoms with E-state index < -0.39 is 0 Å². The van der Waals surface area contributed by atoms with Gasteiger partial charge in [-0.25, -0.2) is 4.31 Å². The van der Waals surface area contributed by atoms with Gasteiger partial charge in [-0.15, -0.1) is 0 Å². The molecule has 2 rings (SSSR count). The van der Waals surface area contributed by atoms with Gasteiger partial charge >= 0.3 is 0 Å². The summed E-state index contributed by atoms with van der Waals surface area (Å²) in [7, 11) is 0. The molecule has 0 radical (unpaired) electrons. The highest BCUT2D eigenvalue weighted by atomic mass is 79.9. The average Bonchev–Trinajstić information content (AvgIpc) is 2.20. The topological polar surface area (TPSA) is 12.5 Å². The lowest BCUT2D eigenvalue weighted by Crippen LogP contribution is -2.41. The molecule has 0 bridgehead atoms. The van der Waals surface area contributed by atoms with Gasteiger partial charge in [-0.2, -0.15) is 0 Å². The molecule has 1 saturated heterocycles. The zero-order chi connectivity index (χ0) is 11.5. The molecule has 0 unspecified atom stereocenters. The van der Waals surface area contributed by atoms with Crippen molar-refractivity contribution in [3.63, 3.8) is 0 Å². The van der Waals surface area contributed by atoms with Crippen LogP contribution in [-0.2, 0) is 4.74 Å². The van der Waals surface area contributed by atoms with E-state index in [1.165, 1.54) is 4.90 Å². The fourth-order valence-corrected chi connectivity index (χ4v) is 3.24. The summed E-state index contributed by atoms with van der Waals surface area (Å²) in [6.45, 7) is 6.24. The summed E-state index contributed by atoms with van der Waals surface area (Å²) >= 11 is 5.26. The first kappa shape index (κ1) is 12.4. The number of benzene rings is 1. The fourth-order valence-electron chi connectivity index (χ4n) is 1.85. The number of rotatable bonds is 2. The minimum absolute atomic E-state index is 0.326. The summed E-state index contributed by atoms with van der Waals surface area (Å²) in [4.78, 5) is 1.28. The van der Waals surface area contributed by atoms with E-state index in [0.717, 1.165) is 17.6 Å². The van der Waals surface area contributed by atoms with Crippen LogP contribution in [0.25, 0.3) is 0 Å². The first-order chi connectivity index (χ1) is 7.63. The molecule has 4 heteroatoms. The van der Waals surface area contributed by atoms with E-state index in [1.54, 1.807) is 0 Å². The lowest BCUT2D eigenvalue weighted by Gasteiger charge is -2.34. The van der Waals surface area contributed by atoms with Crippen LogP contribution in [0.1, 0.15) is 13.8 Å². The summed E-state index contributed by atoms with van der Waals surface area (Å²) in [6, 6.07) is 8.43. The maximum atomic E-state index is 5.71. The highest BCUT2D eigenvalue weighted by molar-refractivity contribution is 9.10. The Labute approximate surface area is 110 Å². The molecule has 1 aromatic rings. The van der Waals surface area contributed by atoms with Crippen molar-refractivity contribution in [1.82, 2.24) is 4.31 Å². The molecule has 0 saturated carbocycles. The van der Waals surface area contributed by atoms with E-state index in [2.05, 4.69) is 58.3 Å². The lowest BCUT2D eigenvalue weighted by molar-refractivity contribution is -0.0414. The van der Waals surface area contributed by atoms with Crippen LogP contribution in [0.4, 0.5) is 0 Å². The molecule has 1 aromatic carbocycles. The van der Waals surface area contributed by atoms with Gasteiger partial charge in [0.1, 0.15) is 0 Å². The maximum absolute atomic E-state index is 5.71. The summed E-state index contributed by atoms with van der Waals surface area (Å²) in [6.07, 6.45) is 0.651. The lowest BCUT2D eigenvalue weighted by atomic mass is 10.3. The Kier molecular flexibility index (Phi) is 4.30. The normalized spacial score (nSPS) is 26.9. The van der Waals surface area contributed by atoms with Crippen LogP contribution in [0.5, 0.6) is 0 Å². The Balaban J connectivity index is 1.96. The molecule has 1 aliphatic heterocycles. The van der Waals surface area contributed by atoms with Crippen LogP contribution in [-0.4, -0.2) is 29.6 Å². The third-order valence-corrected chi connectivity index (χ3v) is 4.00. The summed E-state index contributed by atoms with van der Waals surface area (Å²) in [5, 5.41) is 0. The highest BCUT2D eigenvalue weighted by Gasteiger charge is 2.22. The van der Waals surface area contributed by atoms with Crippen molar-refractivity contribution in [2.45, 2.75) is 31.0 Å². The first-order valence-corrected chi connectivity index (χ1v) is 7.04. The molecule has 0 aliphatic carbocycles. The van der Waals surface area contributed by atoms with Gasteiger partial charge in [-0.1, -0.05) is 15.9 Å². The molecule has 0 spiro atoms. The zero-order valence-electron chi connectivity index (χ0n) is 9.52. The van der Waals surface area contributed by atoms with Crippen LogP contribution in [0.2, 0.25) is 0 Å². The molecular formula is C12H16BrNOS. The molecule has 0 aromatic heterocycles. The van der Waals surface area contributed by atoms with Gasteiger partial charge in [-0.3, -0.25) is 0 Å². The maximum Gasteiger partial charge on any atom is 0.0687 e. The summed E-state index contributed by atoms with van der Waals surface area (Å²) in [5.41, 5.74) is 0. The van der Waals surface area contributed by atoms with Crippen LogP contribution < -0.4 is 0 Å². The molecule has 0 N–H and O–H groups in total. The van der Waals surface area contributed by atoms with E-state index >= 15 is 0 Å². The number of nitrogens with zero attached hydrogens (tertiary/aromatic N) is 1. The number of hydrogen-bond acceptors (Lipinski definition) is 3. The van der Waals surface area contributed by atoms with Gasteiger partial charge in [0.25, 0.3) is 0 Å². The summed E-state index contributed by atoms with van der Waals surface area (Å²) in [5.74, 6) is 0. The SMILES string of the molecule is C[C@H]1CN(Sc2ccc(Br)cc2)C[C@H](C)O1. The Morgan fingerprint density at radius 1 is 1.19 bits per heavy atom. The van der Waals surface area contributed by atoms with Gasteiger partial charge in [0.2, 0.25) is 0 Å². The van der Waals surface area contributed by atoms with Gasteiger partial charge in [0.05, 0.1) is 12.2 Å². The molecule has 1 aliphatic rings. The van der Waals surface area contributed by atoms with Crippen LogP contribution in [0.15, 0.2) is 33.6 Å². The molecule has 1 heterocycles. The second kappa shape index (κ2) is 5.54. The molecule has 88 valence electrons. The molecular weight excluding hydrogens is 286 g/mol. The van der Waals surface area contributed by atoms with E-state index in [-0.39, 0.29) is 0 Å². The van der Waals surface area contributed by atoms with E-state index in [9.17, 15) is 0 Å². The van der Waals surface area contributed by atoms with Crippen molar-refractivity contribution in [3.05, 3.63) is 28.7 Å². The van der Waals surface area contributed by atoms with Gasteiger partial charge in [0.15, 0.2) is 0 Å². The van der Waals surface area contributed by atoms with Gasteiger partial charge < -0.3 is 4.74 Å². The van der Waals surface area contributed by atoms with Crippen LogP contribution in [0, 0.1) is 0 Å².